The van der Waals surface area contributed by atoms with Gasteiger partial charge in [-0.05, 0) is 24.1 Å². The zero-order chi connectivity index (χ0) is 15.1. The fourth-order valence-electron chi connectivity index (χ4n) is 1.28. The van der Waals surface area contributed by atoms with E-state index >= 15 is 0 Å². The predicted molar refractivity (Wildman–Crippen MR) is 83.0 cm³/mol. The molecule has 4 N–H and O–H groups in total. The predicted octanol–water partition coefficient (Wildman–Crippen LogP) is 2.50. The van der Waals surface area contributed by atoms with Crippen LogP contribution in [0.2, 0.25) is 5.02 Å². The first kappa shape index (κ1) is 16.7. The van der Waals surface area contributed by atoms with Gasteiger partial charge >= 0.3 is 6.03 Å². The van der Waals surface area contributed by atoms with Crippen molar-refractivity contribution in [3.8, 4) is 0 Å². The van der Waals surface area contributed by atoms with Crippen molar-refractivity contribution in [1.82, 2.24) is 10.6 Å². The molecule has 20 heavy (non-hydrogen) atoms. The average Bonchev–Trinajstić information content (AvgIpc) is 2.37. The van der Waals surface area contributed by atoms with Crippen molar-refractivity contribution in [3.63, 3.8) is 0 Å². The third-order valence-electron chi connectivity index (χ3n) is 2.24. The molecular formula is C13H18ClN3O2S. The van der Waals surface area contributed by atoms with E-state index < -0.39 is 6.03 Å². The third kappa shape index (κ3) is 6.16. The Balaban J connectivity index is 2.39. The molecule has 0 saturated carbocycles. The summed E-state index contributed by atoms with van der Waals surface area (Å²) in [6.07, 6.45) is 0. The molecule has 0 saturated heterocycles. The number of hydrogen-bond acceptors (Lipinski definition) is 4. The Kier molecular flexibility index (Phi) is 6.67. The third-order valence-corrected chi connectivity index (χ3v) is 3.73. The fraction of sp³-hybridized carbons (Fsp3) is 0.385. The number of carbonyl (C=O) groups excluding carboxylic acids is 2. The van der Waals surface area contributed by atoms with Crippen molar-refractivity contribution >= 4 is 41.0 Å². The van der Waals surface area contributed by atoms with Crippen LogP contribution >= 0.6 is 23.4 Å². The lowest BCUT2D eigenvalue weighted by molar-refractivity contribution is -0.117. The molecule has 1 aromatic rings. The van der Waals surface area contributed by atoms with Gasteiger partial charge in [0.05, 0.1) is 10.8 Å². The van der Waals surface area contributed by atoms with Gasteiger partial charge in [-0.15, -0.1) is 11.8 Å². The topological polar surface area (TPSA) is 84.2 Å². The van der Waals surface area contributed by atoms with Gasteiger partial charge in [0, 0.05) is 17.1 Å². The molecule has 3 amide bonds. The van der Waals surface area contributed by atoms with E-state index in [1.807, 2.05) is 13.8 Å². The van der Waals surface area contributed by atoms with E-state index in [9.17, 15) is 9.59 Å². The number of carbonyl (C=O) groups is 2. The van der Waals surface area contributed by atoms with Crippen LogP contribution in [0, 0.1) is 5.92 Å². The molecule has 0 spiro atoms. The largest absolute Gasteiger partial charge is 0.399 e. The van der Waals surface area contributed by atoms with Gasteiger partial charge in [-0.2, -0.15) is 0 Å². The second kappa shape index (κ2) is 8.01. The summed E-state index contributed by atoms with van der Waals surface area (Å²) in [7, 11) is 0. The van der Waals surface area contributed by atoms with E-state index in [2.05, 4.69) is 10.6 Å². The molecule has 0 bridgehead atoms. The molecular weight excluding hydrogens is 298 g/mol. The zero-order valence-electron chi connectivity index (χ0n) is 11.4. The Morgan fingerprint density at radius 1 is 1.40 bits per heavy atom. The minimum atomic E-state index is -0.483. The molecule has 0 unspecified atom stereocenters. The molecule has 110 valence electrons. The monoisotopic (exact) mass is 315 g/mol. The van der Waals surface area contributed by atoms with Crippen LogP contribution in [0.5, 0.6) is 0 Å². The smallest absolute Gasteiger partial charge is 0.321 e. The van der Waals surface area contributed by atoms with E-state index in [4.69, 9.17) is 17.3 Å². The first-order valence-corrected chi connectivity index (χ1v) is 7.50. The molecule has 0 aromatic heterocycles. The van der Waals surface area contributed by atoms with E-state index in [1.165, 1.54) is 11.8 Å². The van der Waals surface area contributed by atoms with Crippen LogP contribution in [0.15, 0.2) is 23.1 Å². The van der Waals surface area contributed by atoms with Crippen LogP contribution in [0.4, 0.5) is 10.5 Å². The number of rotatable bonds is 5. The van der Waals surface area contributed by atoms with Gasteiger partial charge in [-0.25, -0.2) is 4.79 Å². The quantitative estimate of drug-likeness (QED) is 0.576. The summed E-state index contributed by atoms with van der Waals surface area (Å²) in [5.74, 6) is 0.0456. The molecule has 1 aromatic carbocycles. The van der Waals surface area contributed by atoms with Crippen LogP contribution in [0.25, 0.3) is 0 Å². The first-order valence-electron chi connectivity index (χ1n) is 6.14. The number of halogens is 1. The lowest BCUT2D eigenvalue weighted by Gasteiger charge is -2.09. The van der Waals surface area contributed by atoms with Crippen molar-refractivity contribution in [2.75, 3.05) is 18.0 Å². The van der Waals surface area contributed by atoms with Crippen molar-refractivity contribution in [3.05, 3.63) is 23.2 Å². The van der Waals surface area contributed by atoms with E-state index in [0.717, 1.165) is 0 Å². The SMILES string of the molecule is CC(C)CNC(=O)NC(=O)CSc1cc(N)ccc1Cl. The molecule has 0 aliphatic carbocycles. The van der Waals surface area contributed by atoms with Crippen molar-refractivity contribution in [2.45, 2.75) is 18.7 Å². The van der Waals surface area contributed by atoms with Gasteiger partial charge < -0.3 is 11.1 Å². The van der Waals surface area contributed by atoms with Crippen LogP contribution in [-0.4, -0.2) is 24.2 Å². The van der Waals surface area contributed by atoms with Gasteiger partial charge in [-0.3, -0.25) is 10.1 Å². The lowest BCUT2D eigenvalue weighted by atomic mass is 10.2. The van der Waals surface area contributed by atoms with E-state index in [1.54, 1.807) is 18.2 Å². The summed E-state index contributed by atoms with van der Waals surface area (Å²) >= 11 is 7.21. The first-order chi connectivity index (χ1) is 9.38. The maximum absolute atomic E-state index is 11.6. The van der Waals surface area contributed by atoms with Gasteiger partial charge in [0.2, 0.25) is 5.91 Å². The Labute approximate surface area is 127 Å². The van der Waals surface area contributed by atoms with Crippen molar-refractivity contribution in [2.24, 2.45) is 5.92 Å². The summed E-state index contributed by atoms with van der Waals surface area (Å²) in [6.45, 7) is 4.47. The number of nitrogen functional groups attached to an aromatic ring is 1. The number of benzene rings is 1. The number of urea groups is 1. The van der Waals surface area contributed by atoms with E-state index in [0.29, 0.717) is 28.1 Å². The maximum atomic E-state index is 11.6. The van der Waals surface area contributed by atoms with Crippen LogP contribution in [-0.2, 0) is 4.79 Å². The highest BCUT2D eigenvalue weighted by atomic mass is 35.5. The molecule has 1 rings (SSSR count). The number of nitrogens with one attached hydrogen (secondary N) is 2. The van der Waals surface area contributed by atoms with E-state index in [-0.39, 0.29) is 11.7 Å². The molecule has 7 heteroatoms. The molecule has 0 fully saturated rings. The van der Waals surface area contributed by atoms with Gasteiger partial charge in [-0.1, -0.05) is 25.4 Å². The fourth-order valence-corrected chi connectivity index (χ4v) is 2.34. The number of amides is 3. The van der Waals surface area contributed by atoms with Crippen LogP contribution in [0.3, 0.4) is 0 Å². The highest BCUT2D eigenvalue weighted by molar-refractivity contribution is 8.00. The highest BCUT2D eigenvalue weighted by Gasteiger charge is 2.10. The van der Waals surface area contributed by atoms with Gasteiger partial charge in [0.15, 0.2) is 0 Å². The molecule has 0 heterocycles. The minimum absolute atomic E-state index is 0.0955. The number of nitrogens with two attached hydrogens (primary N) is 1. The summed E-state index contributed by atoms with van der Waals surface area (Å²) in [5, 5.41) is 5.39. The molecule has 0 aliphatic heterocycles. The lowest BCUT2D eigenvalue weighted by Crippen LogP contribution is -2.41. The number of thioether (sulfide) groups is 1. The molecule has 0 aliphatic rings. The van der Waals surface area contributed by atoms with Crippen LogP contribution < -0.4 is 16.4 Å². The molecule has 0 radical (unpaired) electrons. The average molecular weight is 316 g/mol. The summed E-state index contributed by atoms with van der Waals surface area (Å²) < 4.78 is 0. The van der Waals surface area contributed by atoms with Crippen LogP contribution in [0.1, 0.15) is 13.8 Å². The summed E-state index contributed by atoms with van der Waals surface area (Å²) in [5.41, 5.74) is 6.22. The normalized spacial score (nSPS) is 10.4. The zero-order valence-corrected chi connectivity index (χ0v) is 13.0. The van der Waals surface area contributed by atoms with Gasteiger partial charge in [0.1, 0.15) is 0 Å². The second-order valence-electron chi connectivity index (χ2n) is 4.63. The molecule has 0 atom stereocenters. The van der Waals surface area contributed by atoms with Crippen molar-refractivity contribution in [1.29, 1.82) is 0 Å². The maximum Gasteiger partial charge on any atom is 0.321 e. The Hall–Kier alpha value is -1.40. The van der Waals surface area contributed by atoms with Crippen molar-refractivity contribution < 1.29 is 9.59 Å². The highest BCUT2D eigenvalue weighted by Crippen LogP contribution is 2.28. The number of hydrogen-bond donors (Lipinski definition) is 3. The Morgan fingerprint density at radius 2 is 2.10 bits per heavy atom. The Morgan fingerprint density at radius 3 is 2.75 bits per heavy atom. The molecule has 5 nitrogen and oxygen atoms in total. The minimum Gasteiger partial charge on any atom is -0.399 e. The Bertz CT molecular complexity index is 495. The second-order valence-corrected chi connectivity index (χ2v) is 6.05. The summed E-state index contributed by atoms with van der Waals surface area (Å²) in [6, 6.07) is 4.57. The summed E-state index contributed by atoms with van der Waals surface area (Å²) in [4.78, 5) is 23.7. The standard InChI is InChI=1S/C13H18ClN3O2S/c1-8(2)6-16-13(19)17-12(18)7-20-11-5-9(15)3-4-10(11)14/h3-5,8H,6-7,15H2,1-2H3,(H2,16,17,18,19). The van der Waals surface area contributed by atoms with Gasteiger partial charge in [0.25, 0.3) is 0 Å². The number of anilines is 1. The number of imide groups is 1.